The summed E-state index contributed by atoms with van der Waals surface area (Å²) in [5.74, 6) is 0.210. The first kappa shape index (κ1) is 16.0. The number of carbonyl (C=O) groups excluding carboxylic acids is 1. The van der Waals surface area contributed by atoms with E-state index < -0.39 is 0 Å². The first-order valence-electron chi connectivity index (χ1n) is 8.46. The van der Waals surface area contributed by atoms with Crippen LogP contribution < -0.4 is 5.56 Å². The molecule has 6 heteroatoms. The molecule has 1 saturated heterocycles. The highest BCUT2D eigenvalue weighted by Crippen LogP contribution is 2.33. The highest BCUT2D eigenvalue weighted by Gasteiger charge is 2.27. The molecule has 2 aromatic heterocycles. The number of thiazole rings is 1. The second-order valence-corrected chi connectivity index (χ2v) is 7.53. The lowest BCUT2D eigenvalue weighted by atomic mass is 9.97. The SMILES string of the molecule is Cc1ccc(C(=O)N2CCC(c3nc4ccccc4s3)CC2)c(=O)[nH]1. The Balaban J connectivity index is 1.47. The van der Waals surface area contributed by atoms with Crippen LogP contribution >= 0.6 is 11.3 Å². The molecule has 1 amide bonds. The summed E-state index contributed by atoms with van der Waals surface area (Å²) in [5, 5.41) is 1.15. The van der Waals surface area contributed by atoms with Crippen LogP contribution in [0.15, 0.2) is 41.2 Å². The third-order valence-corrected chi connectivity index (χ3v) is 5.93. The Morgan fingerprint density at radius 3 is 2.68 bits per heavy atom. The van der Waals surface area contributed by atoms with Crippen molar-refractivity contribution in [1.82, 2.24) is 14.9 Å². The minimum atomic E-state index is -0.307. The van der Waals surface area contributed by atoms with Gasteiger partial charge in [-0.15, -0.1) is 11.3 Å². The van der Waals surface area contributed by atoms with Gasteiger partial charge in [0, 0.05) is 24.7 Å². The monoisotopic (exact) mass is 353 g/mol. The number of fused-ring (bicyclic) bond motifs is 1. The van der Waals surface area contributed by atoms with Crippen molar-refractivity contribution >= 4 is 27.5 Å². The lowest BCUT2D eigenvalue weighted by Crippen LogP contribution is -2.40. The van der Waals surface area contributed by atoms with Gasteiger partial charge in [0.25, 0.3) is 11.5 Å². The predicted molar refractivity (Wildman–Crippen MR) is 99.3 cm³/mol. The number of aryl methyl sites for hydroxylation is 1. The van der Waals surface area contributed by atoms with Crippen molar-refractivity contribution in [2.45, 2.75) is 25.7 Å². The number of carbonyl (C=O) groups is 1. The zero-order valence-corrected chi connectivity index (χ0v) is 14.8. The molecule has 1 N–H and O–H groups in total. The number of rotatable bonds is 2. The van der Waals surface area contributed by atoms with Crippen LogP contribution in [0.3, 0.4) is 0 Å². The summed E-state index contributed by atoms with van der Waals surface area (Å²) in [7, 11) is 0. The van der Waals surface area contributed by atoms with Crippen LogP contribution in [0.25, 0.3) is 10.2 Å². The Labute approximate surface area is 149 Å². The van der Waals surface area contributed by atoms with Crippen LogP contribution in [-0.4, -0.2) is 33.9 Å². The second-order valence-electron chi connectivity index (χ2n) is 6.47. The van der Waals surface area contributed by atoms with E-state index in [1.807, 2.05) is 18.2 Å². The fourth-order valence-electron chi connectivity index (χ4n) is 3.31. The smallest absolute Gasteiger partial charge is 0.260 e. The number of likely N-dealkylation sites (tertiary alicyclic amines) is 1. The summed E-state index contributed by atoms with van der Waals surface area (Å²) in [5.41, 5.74) is 1.73. The minimum Gasteiger partial charge on any atom is -0.338 e. The molecule has 0 atom stereocenters. The van der Waals surface area contributed by atoms with Gasteiger partial charge in [0.1, 0.15) is 5.56 Å². The zero-order chi connectivity index (χ0) is 17.4. The number of aromatic nitrogens is 2. The first-order chi connectivity index (χ1) is 12.1. The van der Waals surface area contributed by atoms with E-state index in [-0.39, 0.29) is 17.0 Å². The van der Waals surface area contributed by atoms with E-state index in [2.05, 4.69) is 11.1 Å². The van der Waals surface area contributed by atoms with Gasteiger partial charge in [-0.05, 0) is 44.0 Å². The average Bonchev–Trinajstić information content (AvgIpc) is 3.05. The molecule has 1 aromatic carbocycles. The summed E-state index contributed by atoms with van der Waals surface area (Å²) >= 11 is 1.74. The summed E-state index contributed by atoms with van der Waals surface area (Å²) in [6, 6.07) is 11.6. The molecule has 1 fully saturated rings. The van der Waals surface area contributed by atoms with Gasteiger partial charge in [-0.2, -0.15) is 0 Å². The van der Waals surface area contributed by atoms with E-state index in [9.17, 15) is 9.59 Å². The number of pyridine rings is 1. The van der Waals surface area contributed by atoms with Gasteiger partial charge >= 0.3 is 0 Å². The maximum Gasteiger partial charge on any atom is 0.260 e. The molecule has 0 radical (unpaired) electrons. The molecule has 0 bridgehead atoms. The Morgan fingerprint density at radius 2 is 1.96 bits per heavy atom. The minimum absolute atomic E-state index is 0.177. The summed E-state index contributed by atoms with van der Waals surface area (Å²) in [6.45, 7) is 3.12. The molecule has 25 heavy (non-hydrogen) atoms. The standard InChI is InChI=1S/C19H19N3O2S/c1-12-6-7-14(17(23)20-12)19(24)22-10-8-13(9-11-22)18-21-15-4-2-3-5-16(15)25-18/h2-7,13H,8-11H2,1H3,(H,20,23). The van der Waals surface area contributed by atoms with Gasteiger partial charge < -0.3 is 9.88 Å². The largest absolute Gasteiger partial charge is 0.338 e. The molecule has 3 aromatic rings. The van der Waals surface area contributed by atoms with Gasteiger partial charge in [0.15, 0.2) is 0 Å². The molecule has 0 saturated carbocycles. The van der Waals surface area contributed by atoms with Crippen molar-refractivity contribution in [2.24, 2.45) is 0 Å². The van der Waals surface area contributed by atoms with Crippen LogP contribution in [0.4, 0.5) is 0 Å². The van der Waals surface area contributed by atoms with Crippen molar-refractivity contribution in [3.63, 3.8) is 0 Å². The van der Waals surface area contributed by atoms with Crippen molar-refractivity contribution in [3.8, 4) is 0 Å². The highest BCUT2D eigenvalue weighted by molar-refractivity contribution is 7.18. The number of piperidine rings is 1. The van der Waals surface area contributed by atoms with E-state index in [1.165, 1.54) is 4.70 Å². The number of hydrogen-bond donors (Lipinski definition) is 1. The van der Waals surface area contributed by atoms with E-state index in [0.29, 0.717) is 19.0 Å². The number of H-pyrrole nitrogens is 1. The molecule has 0 spiro atoms. The second kappa shape index (κ2) is 6.44. The molecule has 3 heterocycles. The summed E-state index contributed by atoms with van der Waals surface area (Å²) in [4.78, 5) is 33.8. The van der Waals surface area contributed by atoms with Crippen LogP contribution in [-0.2, 0) is 0 Å². The number of hydrogen-bond acceptors (Lipinski definition) is 4. The van der Waals surface area contributed by atoms with E-state index >= 15 is 0 Å². The number of nitrogens with one attached hydrogen (secondary N) is 1. The first-order valence-corrected chi connectivity index (χ1v) is 9.28. The van der Waals surface area contributed by atoms with Gasteiger partial charge in [-0.3, -0.25) is 9.59 Å². The van der Waals surface area contributed by atoms with E-state index in [0.717, 1.165) is 29.1 Å². The molecule has 0 unspecified atom stereocenters. The number of aromatic amines is 1. The number of benzene rings is 1. The fraction of sp³-hybridized carbons (Fsp3) is 0.316. The maximum atomic E-state index is 12.6. The van der Waals surface area contributed by atoms with Crippen molar-refractivity contribution in [3.05, 3.63) is 63.0 Å². The Hall–Kier alpha value is -2.47. The van der Waals surface area contributed by atoms with Gasteiger partial charge in [-0.1, -0.05) is 12.1 Å². The summed E-state index contributed by atoms with van der Waals surface area (Å²) in [6.07, 6.45) is 1.77. The highest BCUT2D eigenvalue weighted by atomic mass is 32.1. The molecule has 5 nitrogen and oxygen atoms in total. The summed E-state index contributed by atoms with van der Waals surface area (Å²) < 4.78 is 1.21. The third-order valence-electron chi connectivity index (χ3n) is 4.73. The third kappa shape index (κ3) is 3.09. The van der Waals surface area contributed by atoms with Crippen LogP contribution in [0.5, 0.6) is 0 Å². The molecule has 1 aliphatic rings. The van der Waals surface area contributed by atoms with Crippen LogP contribution in [0, 0.1) is 6.92 Å². The number of para-hydroxylation sites is 1. The topological polar surface area (TPSA) is 66.1 Å². The van der Waals surface area contributed by atoms with Crippen molar-refractivity contribution < 1.29 is 4.79 Å². The van der Waals surface area contributed by atoms with Crippen molar-refractivity contribution in [2.75, 3.05) is 13.1 Å². The van der Waals surface area contributed by atoms with Gasteiger partial charge in [0.2, 0.25) is 0 Å². The number of nitrogens with zero attached hydrogens (tertiary/aromatic N) is 2. The van der Waals surface area contributed by atoms with E-state index in [1.54, 1.807) is 35.3 Å². The molecule has 4 rings (SSSR count). The fourth-order valence-corrected chi connectivity index (χ4v) is 4.44. The predicted octanol–water partition coefficient (Wildman–Crippen LogP) is 3.31. The van der Waals surface area contributed by atoms with Gasteiger partial charge in [-0.25, -0.2) is 4.98 Å². The van der Waals surface area contributed by atoms with E-state index in [4.69, 9.17) is 4.98 Å². The lowest BCUT2D eigenvalue weighted by molar-refractivity contribution is 0.0711. The molecule has 1 aliphatic heterocycles. The Bertz CT molecular complexity index is 950. The molecular formula is C19H19N3O2S. The Kier molecular flexibility index (Phi) is 4.13. The molecule has 128 valence electrons. The van der Waals surface area contributed by atoms with Crippen molar-refractivity contribution in [1.29, 1.82) is 0 Å². The quantitative estimate of drug-likeness (QED) is 0.769. The maximum absolute atomic E-state index is 12.6. The molecular weight excluding hydrogens is 334 g/mol. The van der Waals surface area contributed by atoms with Gasteiger partial charge in [0.05, 0.1) is 15.2 Å². The molecule has 0 aliphatic carbocycles. The van der Waals surface area contributed by atoms with Crippen LogP contribution in [0.2, 0.25) is 0 Å². The zero-order valence-electron chi connectivity index (χ0n) is 14.0. The Morgan fingerprint density at radius 1 is 1.20 bits per heavy atom. The number of amides is 1. The normalized spacial score (nSPS) is 15.6. The van der Waals surface area contributed by atoms with Crippen LogP contribution in [0.1, 0.15) is 39.8 Å². The lowest BCUT2D eigenvalue weighted by Gasteiger charge is -2.31. The average molecular weight is 353 g/mol.